The van der Waals surface area contributed by atoms with Crippen molar-refractivity contribution < 1.29 is 8.42 Å². The molecule has 0 bridgehead atoms. The lowest BCUT2D eigenvalue weighted by molar-refractivity contribution is 0.601. The van der Waals surface area contributed by atoms with Crippen LogP contribution in [0.2, 0.25) is 5.02 Å². The van der Waals surface area contributed by atoms with Gasteiger partial charge >= 0.3 is 0 Å². The summed E-state index contributed by atoms with van der Waals surface area (Å²) in [6, 6.07) is 8.09. The lowest BCUT2D eigenvalue weighted by Crippen LogP contribution is -2.14. The van der Waals surface area contributed by atoms with Crippen LogP contribution in [0.5, 0.6) is 0 Å². The number of halogens is 2. The number of anilines is 2. The Balaban J connectivity index is 2.25. The lowest BCUT2D eigenvalue weighted by atomic mass is 10.3. The van der Waals surface area contributed by atoms with Crippen molar-refractivity contribution in [2.75, 3.05) is 16.6 Å². The normalized spacial score (nSPS) is 11.2. The molecule has 0 spiro atoms. The summed E-state index contributed by atoms with van der Waals surface area (Å²) in [5.41, 5.74) is 0.482. The number of hydrogen-bond acceptors (Lipinski definition) is 4. The van der Waals surface area contributed by atoms with Gasteiger partial charge < -0.3 is 5.32 Å². The molecule has 0 aliphatic heterocycles. The minimum absolute atomic E-state index is 0.106. The Kier molecular flexibility index (Phi) is 5.28. The molecule has 0 aliphatic carbocycles. The van der Waals surface area contributed by atoms with E-state index in [1.807, 2.05) is 29.5 Å². The van der Waals surface area contributed by atoms with E-state index in [0.29, 0.717) is 16.5 Å². The number of aromatic nitrogens is 1. The Morgan fingerprint density at radius 1 is 1.29 bits per heavy atom. The minimum Gasteiger partial charge on any atom is -0.370 e. The fourth-order valence-electron chi connectivity index (χ4n) is 1.60. The summed E-state index contributed by atoms with van der Waals surface area (Å²) in [6.07, 6.45) is 1.32. The molecule has 0 fully saturated rings. The number of nitrogens with zero attached hydrogens (tertiary/aromatic N) is 1. The van der Waals surface area contributed by atoms with Crippen LogP contribution in [0.3, 0.4) is 0 Å². The zero-order chi connectivity index (χ0) is 15.5. The topological polar surface area (TPSA) is 71.1 Å². The van der Waals surface area contributed by atoms with E-state index in [-0.39, 0.29) is 4.90 Å². The van der Waals surface area contributed by atoms with Gasteiger partial charge in [-0.2, -0.15) is 0 Å². The van der Waals surface area contributed by atoms with E-state index >= 15 is 0 Å². The minimum atomic E-state index is -3.67. The second-order valence-electron chi connectivity index (χ2n) is 4.14. The van der Waals surface area contributed by atoms with Crippen molar-refractivity contribution in [1.82, 2.24) is 4.98 Å². The number of rotatable bonds is 5. The molecular weight excluding hydrogens is 425 g/mol. The van der Waals surface area contributed by atoms with Crippen LogP contribution in [-0.2, 0) is 10.0 Å². The zero-order valence-corrected chi connectivity index (χ0v) is 14.8. The summed E-state index contributed by atoms with van der Waals surface area (Å²) >= 11 is 7.88. The smallest absolute Gasteiger partial charge is 0.263 e. The highest BCUT2D eigenvalue weighted by molar-refractivity contribution is 14.1. The number of sulfonamides is 1. The third kappa shape index (κ3) is 4.21. The summed E-state index contributed by atoms with van der Waals surface area (Å²) in [5, 5.41) is 3.56. The van der Waals surface area contributed by atoms with Crippen LogP contribution < -0.4 is 10.0 Å². The standard InChI is InChI=1S/C13H13ClIN3O2S/c1-2-16-13-6-4-10(8-17-13)21(19,20)18-12-5-3-9(14)7-11(12)15/h3-8,18H,2H2,1H3,(H,16,17). The van der Waals surface area contributed by atoms with Gasteiger partial charge in [-0.25, -0.2) is 13.4 Å². The van der Waals surface area contributed by atoms with Gasteiger partial charge in [0.15, 0.2) is 0 Å². The van der Waals surface area contributed by atoms with Crippen molar-refractivity contribution in [2.45, 2.75) is 11.8 Å². The first-order valence-electron chi connectivity index (χ1n) is 6.10. The van der Waals surface area contributed by atoms with E-state index in [9.17, 15) is 8.42 Å². The van der Waals surface area contributed by atoms with E-state index < -0.39 is 10.0 Å². The molecule has 8 heteroatoms. The first-order chi connectivity index (χ1) is 9.92. The molecule has 0 saturated heterocycles. The Morgan fingerprint density at radius 2 is 2.05 bits per heavy atom. The Morgan fingerprint density at radius 3 is 2.62 bits per heavy atom. The maximum atomic E-state index is 12.3. The summed E-state index contributed by atoms with van der Waals surface area (Å²) in [7, 11) is -3.67. The highest BCUT2D eigenvalue weighted by Gasteiger charge is 2.16. The van der Waals surface area contributed by atoms with Crippen LogP contribution in [0.4, 0.5) is 11.5 Å². The van der Waals surface area contributed by atoms with Gasteiger partial charge in [-0.05, 0) is 59.8 Å². The average molecular weight is 438 g/mol. The van der Waals surface area contributed by atoms with Crippen molar-refractivity contribution >= 4 is 55.7 Å². The summed E-state index contributed by atoms with van der Waals surface area (Å²) in [6.45, 7) is 2.66. The molecule has 1 heterocycles. The van der Waals surface area contributed by atoms with Gasteiger partial charge in [0.25, 0.3) is 10.0 Å². The summed E-state index contributed by atoms with van der Waals surface area (Å²) in [5.74, 6) is 0.637. The molecule has 0 atom stereocenters. The molecule has 0 amide bonds. The highest BCUT2D eigenvalue weighted by Crippen LogP contribution is 2.24. The number of nitrogens with one attached hydrogen (secondary N) is 2. The van der Waals surface area contributed by atoms with Gasteiger partial charge in [-0.1, -0.05) is 11.6 Å². The van der Waals surface area contributed by atoms with Gasteiger partial charge in [-0.15, -0.1) is 0 Å². The van der Waals surface area contributed by atoms with Crippen molar-refractivity contribution in [2.24, 2.45) is 0 Å². The molecule has 0 saturated carbocycles. The number of pyridine rings is 1. The van der Waals surface area contributed by atoms with Crippen LogP contribution in [-0.4, -0.2) is 19.9 Å². The highest BCUT2D eigenvalue weighted by atomic mass is 127. The van der Waals surface area contributed by atoms with E-state index in [0.717, 1.165) is 10.1 Å². The second-order valence-corrected chi connectivity index (χ2v) is 7.42. The third-order valence-corrected chi connectivity index (χ3v) is 5.06. The predicted molar refractivity (Wildman–Crippen MR) is 93.4 cm³/mol. The average Bonchev–Trinajstić information content (AvgIpc) is 2.43. The molecule has 5 nitrogen and oxygen atoms in total. The van der Waals surface area contributed by atoms with E-state index in [1.165, 1.54) is 12.3 Å². The van der Waals surface area contributed by atoms with Gasteiger partial charge in [-0.3, -0.25) is 4.72 Å². The maximum absolute atomic E-state index is 12.3. The quantitative estimate of drug-likeness (QED) is 0.702. The molecule has 2 aromatic rings. The molecule has 0 unspecified atom stereocenters. The zero-order valence-electron chi connectivity index (χ0n) is 11.1. The summed E-state index contributed by atoms with van der Waals surface area (Å²) in [4.78, 5) is 4.17. The summed E-state index contributed by atoms with van der Waals surface area (Å²) < 4.78 is 27.9. The third-order valence-electron chi connectivity index (χ3n) is 2.58. The van der Waals surface area contributed by atoms with Crippen molar-refractivity contribution in [1.29, 1.82) is 0 Å². The Hall–Kier alpha value is -1.06. The monoisotopic (exact) mass is 437 g/mol. The van der Waals surface area contributed by atoms with Crippen LogP contribution >= 0.6 is 34.2 Å². The van der Waals surface area contributed by atoms with Crippen LogP contribution in [0.15, 0.2) is 41.4 Å². The second kappa shape index (κ2) is 6.80. The molecule has 0 radical (unpaired) electrons. The molecule has 21 heavy (non-hydrogen) atoms. The van der Waals surface area contributed by atoms with Gasteiger partial charge in [0.1, 0.15) is 10.7 Å². The number of benzene rings is 1. The van der Waals surface area contributed by atoms with E-state index in [1.54, 1.807) is 24.3 Å². The van der Waals surface area contributed by atoms with Crippen LogP contribution in [0.1, 0.15) is 6.92 Å². The molecule has 0 aliphatic rings. The van der Waals surface area contributed by atoms with Crippen LogP contribution in [0, 0.1) is 3.57 Å². The van der Waals surface area contributed by atoms with Crippen LogP contribution in [0.25, 0.3) is 0 Å². The Labute approximate surface area is 142 Å². The molecule has 2 N–H and O–H groups in total. The molecule has 112 valence electrons. The molecular formula is C13H13ClIN3O2S. The number of hydrogen-bond donors (Lipinski definition) is 2. The molecule has 1 aromatic heterocycles. The first kappa shape index (κ1) is 16.3. The largest absolute Gasteiger partial charge is 0.370 e. The first-order valence-corrected chi connectivity index (χ1v) is 9.04. The molecule has 1 aromatic carbocycles. The van der Waals surface area contributed by atoms with Crippen molar-refractivity contribution in [3.05, 3.63) is 45.1 Å². The van der Waals surface area contributed by atoms with Crippen molar-refractivity contribution in [3.8, 4) is 0 Å². The predicted octanol–water partition coefficient (Wildman–Crippen LogP) is 3.57. The van der Waals surface area contributed by atoms with Gasteiger partial charge in [0.2, 0.25) is 0 Å². The fraction of sp³-hybridized carbons (Fsp3) is 0.154. The SMILES string of the molecule is CCNc1ccc(S(=O)(=O)Nc2ccc(Cl)cc2I)cn1. The van der Waals surface area contributed by atoms with Gasteiger partial charge in [0.05, 0.1) is 5.69 Å². The van der Waals surface area contributed by atoms with E-state index in [4.69, 9.17) is 11.6 Å². The van der Waals surface area contributed by atoms with Crippen molar-refractivity contribution in [3.63, 3.8) is 0 Å². The van der Waals surface area contributed by atoms with E-state index in [2.05, 4.69) is 15.0 Å². The lowest BCUT2D eigenvalue weighted by Gasteiger charge is -2.10. The van der Waals surface area contributed by atoms with Gasteiger partial charge in [0, 0.05) is 21.3 Å². The maximum Gasteiger partial charge on any atom is 0.263 e. The Bertz CT molecular complexity index is 736. The fourth-order valence-corrected chi connectivity index (χ4v) is 3.81. The molecule has 2 rings (SSSR count).